The number of amides is 2. The third kappa shape index (κ3) is 5.16. The number of nitrogens with zero attached hydrogens (tertiary/aromatic N) is 3. The van der Waals surface area contributed by atoms with E-state index in [2.05, 4.69) is 9.72 Å². The van der Waals surface area contributed by atoms with Gasteiger partial charge in [0.25, 0.3) is 5.91 Å². The fourth-order valence-corrected chi connectivity index (χ4v) is 4.46. The largest absolute Gasteiger partial charge is 0.466 e. The van der Waals surface area contributed by atoms with Gasteiger partial charge in [-0.1, -0.05) is 0 Å². The number of fused-ring (bicyclic) bond motifs is 1. The second kappa shape index (κ2) is 10.1. The molecule has 2 fully saturated rings. The summed E-state index contributed by atoms with van der Waals surface area (Å²) in [6, 6.07) is 0.460. The summed E-state index contributed by atoms with van der Waals surface area (Å²) < 4.78 is 94.1. The normalized spacial score (nSPS) is 17.9. The highest BCUT2D eigenvalue weighted by atomic mass is 19.4. The van der Waals surface area contributed by atoms with E-state index in [0.29, 0.717) is 22.9 Å². The van der Waals surface area contributed by atoms with E-state index < -0.39 is 87.4 Å². The van der Waals surface area contributed by atoms with Crippen molar-refractivity contribution in [3.8, 4) is 5.69 Å². The van der Waals surface area contributed by atoms with Gasteiger partial charge in [0.15, 0.2) is 17.3 Å². The number of hydrogen-bond acceptors (Lipinski definition) is 7. The maximum Gasteiger partial charge on any atom is 0.416 e. The minimum atomic E-state index is -4.83. The van der Waals surface area contributed by atoms with Crippen LogP contribution < -0.4 is 15.6 Å². The summed E-state index contributed by atoms with van der Waals surface area (Å²) in [4.78, 5) is 55.4. The van der Waals surface area contributed by atoms with Crippen molar-refractivity contribution >= 4 is 34.8 Å². The molecular weight excluding hydrogens is 566 g/mol. The van der Waals surface area contributed by atoms with Crippen molar-refractivity contribution < 1.29 is 50.2 Å². The van der Waals surface area contributed by atoms with Gasteiger partial charge < -0.3 is 14.8 Å². The molecule has 0 radical (unpaired) electrons. The topological polar surface area (TPSA) is 120 Å². The van der Waals surface area contributed by atoms with Gasteiger partial charge in [-0.3, -0.25) is 19.1 Å². The number of ether oxygens (including phenoxy) is 2. The summed E-state index contributed by atoms with van der Waals surface area (Å²) in [6.07, 6.45) is -6.24. The van der Waals surface area contributed by atoms with E-state index in [1.54, 1.807) is 5.32 Å². The van der Waals surface area contributed by atoms with Crippen LogP contribution in [0.15, 0.2) is 35.3 Å². The quantitative estimate of drug-likeness (QED) is 0.349. The molecule has 0 bridgehead atoms. The van der Waals surface area contributed by atoms with Crippen molar-refractivity contribution in [2.45, 2.75) is 31.2 Å². The second-order valence-corrected chi connectivity index (χ2v) is 9.34. The Morgan fingerprint density at radius 1 is 1.12 bits per heavy atom. The third-order valence-electron chi connectivity index (χ3n) is 6.59. The van der Waals surface area contributed by atoms with Gasteiger partial charge in [-0.25, -0.2) is 27.7 Å². The van der Waals surface area contributed by atoms with E-state index in [9.17, 15) is 45.5 Å². The summed E-state index contributed by atoms with van der Waals surface area (Å²) >= 11 is 0. The van der Waals surface area contributed by atoms with E-state index in [1.165, 1.54) is 0 Å². The lowest BCUT2D eigenvalue weighted by molar-refractivity contribution is -0.158. The maximum absolute atomic E-state index is 14.9. The molecule has 2 aliphatic rings. The molecule has 3 heterocycles. The maximum atomic E-state index is 14.9. The van der Waals surface area contributed by atoms with Crippen LogP contribution in [0.4, 0.5) is 37.0 Å². The van der Waals surface area contributed by atoms with E-state index in [4.69, 9.17) is 4.74 Å². The van der Waals surface area contributed by atoms with Gasteiger partial charge in [-0.05, 0) is 30.9 Å². The van der Waals surface area contributed by atoms with E-state index in [0.717, 1.165) is 24.1 Å². The average Bonchev–Trinajstić information content (AvgIpc) is 3.66. The van der Waals surface area contributed by atoms with Crippen molar-refractivity contribution in [3.63, 3.8) is 0 Å². The Labute approximate surface area is 225 Å². The number of hydrogen-bond donors (Lipinski definition) is 1. The molecule has 1 aliphatic heterocycles. The Kier molecular flexibility index (Phi) is 6.87. The molecular formula is C25H18F6N4O6. The first-order valence-electron chi connectivity index (χ1n) is 11.9. The number of cyclic esters (lactones) is 1. The molecule has 216 valence electrons. The first-order valence-corrected chi connectivity index (χ1v) is 11.9. The van der Waals surface area contributed by atoms with Crippen molar-refractivity contribution in [3.05, 3.63) is 63.7 Å². The molecule has 2 atom stereocenters. The van der Waals surface area contributed by atoms with Crippen LogP contribution in [0.3, 0.4) is 0 Å². The van der Waals surface area contributed by atoms with Gasteiger partial charge in [0, 0.05) is 18.3 Å². The van der Waals surface area contributed by atoms with Crippen LogP contribution in [0.2, 0.25) is 0 Å². The number of benzene rings is 1. The van der Waals surface area contributed by atoms with Gasteiger partial charge >= 0.3 is 18.2 Å². The van der Waals surface area contributed by atoms with Crippen LogP contribution in [0.1, 0.15) is 23.2 Å². The standard InChI is InChI=1S/C25H18F6N4O6/c1-40-23(38)16-9-34(24(39)41-16)17-5-4-12-19(36)13(22(37)33-20(10-2-3-10)25(29,30)31)8-35(21(12)32-17)18-14(27)6-11(26)7-15(18)28/h4-8,10,16,20H,2-3,9H2,1H3,(H,33,37)/t16-,20?/m0/s1. The molecule has 2 aromatic heterocycles. The zero-order valence-corrected chi connectivity index (χ0v) is 20.8. The number of halogens is 6. The fraction of sp³-hybridized carbons (Fsp3) is 0.320. The van der Waals surface area contributed by atoms with Gasteiger partial charge in [-0.2, -0.15) is 13.2 Å². The van der Waals surface area contributed by atoms with Crippen LogP contribution in [-0.2, 0) is 14.3 Å². The Bertz CT molecular complexity index is 1630. The number of methoxy groups -OCH3 is 1. The summed E-state index contributed by atoms with van der Waals surface area (Å²) in [6.45, 7) is -0.381. The van der Waals surface area contributed by atoms with E-state index in [-0.39, 0.29) is 25.2 Å². The first kappa shape index (κ1) is 27.9. The van der Waals surface area contributed by atoms with E-state index in [1.807, 2.05) is 0 Å². The van der Waals surface area contributed by atoms with Gasteiger partial charge in [0.2, 0.25) is 11.5 Å². The zero-order valence-electron chi connectivity index (χ0n) is 20.8. The smallest absolute Gasteiger partial charge is 0.416 e. The Morgan fingerprint density at radius 3 is 2.37 bits per heavy atom. The summed E-state index contributed by atoms with van der Waals surface area (Å²) in [5.74, 6) is -7.79. The number of pyridine rings is 2. The Hall–Kier alpha value is -4.63. The molecule has 41 heavy (non-hydrogen) atoms. The number of nitrogens with one attached hydrogen (secondary N) is 1. The minimum Gasteiger partial charge on any atom is -0.466 e. The second-order valence-electron chi connectivity index (χ2n) is 9.34. The molecule has 16 heteroatoms. The van der Waals surface area contributed by atoms with Crippen molar-refractivity contribution in [2.24, 2.45) is 5.92 Å². The molecule has 1 N–H and O–H groups in total. The molecule has 3 aromatic rings. The molecule has 1 aliphatic carbocycles. The van der Waals surface area contributed by atoms with Crippen LogP contribution in [0, 0.1) is 23.4 Å². The molecule has 2 amide bonds. The molecule has 1 saturated carbocycles. The third-order valence-corrected chi connectivity index (χ3v) is 6.59. The number of carbonyl (C=O) groups is 3. The Morgan fingerprint density at radius 2 is 1.78 bits per heavy atom. The number of aromatic nitrogens is 2. The van der Waals surface area contributed by atoms with Gasteiger partial charge in [-0.15, -0.1) is 0 Å². The highest BCUT2D eigenvalue weighted by Gasteiger charge is 2.50. The van der Waals surface area contributed by atoms with E-state index >= 15 is 0 Å². The monoisotopic (exact) mass is 584 g/mol. The number of carbonyl (C=O) groups excluding carboxylic acids is 3. The van der Waals surface area contributed by atoms with Gasteiger partial charge in [0.1, 0.15) is 28.9 Å². The predicted octanol–water partition coefficient (Wildman–Crippen LogP) is 3.37. The first-order chi connectivity index (χ1) is 19.3. The predicted molar refractivity (Wildman–Crippen MR) is 127 cm³/mol. The van der Waals surface area contributed by atoms with Crippen LogP contribution in [-0.4, -0.2) is 59.5 Å². The molecule has 1 saturated heterocycles. The van der Waals surface area contributed by atoms with Gasteiger partial charge in [0.05, 0.1) is 19.0 Å². The number of esters is 1. The Balaban J connectivity index is 1.67. The average molecular weight is 584 g/mol. The van der Waals surface area contributed by atoms with Crippen molar-refractivity contribution in [1.29, 1.82) is 0 Å². The lowest BCUT2D eigenvalue weighted by Crippen LogP contribution is -2.48. The number of rotatable bonds is 6. The zero-order chi connectivity index (χ0) is 29.8. The lowest BCUT2D eigenvalue weighted by atomic mass is 10.1. The molecule has 1 aromatic carbocycles. The minimum absolute atomic E-state index is 0.195. The SMILES string of the molecule is COC(=O)[C@@H]1CN(c2ccc3c(=O)c(C(=O)NC(C4CC4)C(F)(F)F)cn(-c4c(F)cc(F)cc4F)c3n2)C(=O)O1. The van der Waals surface area contributed by atoms with Crippen LogP contribution in [0.25, 0.3) is 16.7 Å². The molecule has 5 rings (SSSR count). The molecule has 10 nitrogen and oxygen atoms in total. The lowest BCUT2D eigenvalue weighted by Gasteiger charge is -2.22. The fourth-order valence-electron chi connectivity index (χ4n) is 4.46. The highest BCUT2D eigenvalue weighted by molar-refractivity contribution is 5.98. The van der Waals surface area contributed by atoms with Crippen molar-refractivity contribution in [2.75, 3.05) is 18.6 Å². The number of anilines is 1. The van der Waals surface area contributed by atoms with Crippen molar-refractivity contribution in [1.82, 2.24) is 14.9 Å². The summed E-state index contributed by atoms with van der Waals surface area (Å²) in [5.41, 5.74) is -3.60. The molecule has 0 spiro atoms. The number of alkyl halides is 3. The summed E-state index contributed by atoms with van der Waals surface area (Å²) in [7, 11) is 1.06. The molecule has 1 unspecified atom stereocenters. The van der Waals surface area contributed by atoms with Crippen LogP contribution >= 0.6 is 0 Å². The summed E-state index contributed by atoms with van der Waals surface area (Å²) in [5, 5.41) is 1.31. The highest BCUT2D eigenvalue weighted by Crippen LogP contribution is 2.40. The van der Waals surface area contributed by atoms with Crippen LogP contribution in [0.5, 0.6) is 0 Å².